The van der Waals surface area contributed by atoms with Crippen LogP contribution in [0.25, 0.3) is 0 Å². The van der Waals surface area contributed by atoms with Gasteiger partial charge in [0.25, 0.3) is 0 Å². The van der Waals surface area contributed by atoms with Crippen molar-refractivity contribution < 1.29 is 29.3 Å². The van der Waals surface area contributed by atoms with Gasteiger partial charge in [0.1, 0.15) is 0 Å². The molecule has 0 radical (unpaired) electrons. The maximum absolute atomic E-state index is 11.2. The third-order valence-corrected chi connectivity index (χ3v) is 4.88. The van der Waals surface area contributed by atoms with Gasteiger partial charge in [-0.2, -0.15) is 0 Å². The van der Waals surface area contributed by atoms with E-state index >= 15 is 0 Å². The van der Waals surface area contributed by atoms with Crippen LogP contribution < -0.4 is 9.47 Å². The molecule has 0 aromatic carbocycles. The van der Waals surface area contributed by atoms with Gasteiger partial charge < -0.3 is 19.7 Å². The van der Waals surface area contributed by atoms with Crippen molar-refractivity contribution >= 4 is 23.3 Å². The van der Waals surface area contributed by atoms with Crippen LogP contribution in [0.2, 0.25) is 0 Å². The Labute approximate surface area is 119 Å². The zero-order valence-corrected chi connectivity index (χ0v) is 12.1. The monoisotopic (exact) mass is 300 g/mol. The van der Waals surface area contributed by atoms with Crippen molar-refractivity contribution in [3.63, 3.8) is 0 Å². The fraction of sp³-hybridized carbons (Fsp3) is 0.538. The maximum Gasteiger partial charge on any atom is 0.349 e. The Morgan fingerprint density at radius 3 is 1.75 bits per heavy atom. The van der Waals surface area contributed by atoms with E-state index in [0.29, 0.717) is 24.6 Å². The fourth-order valence-corrected chi connectivity index (χ4v) is 2.96. The van der Waals surface area contributed by atoms with E-state index in [0.717, 1.165) is 12.8 Å². The lowest BCUT2D eigenvalue weighted by atomic mass is 9.84. The zero-order chi connectivity index (χ0) is 14.9. The lowest BCUT2D eigenvalue weighted by molar-refractivity contribution is 0.0687. The molecule has 7 heteroatoms. The van der Waals surface area contributed by atoms with E-state index < -0.39 is 11.9 Å². The second-order valence-electron chi connectivity index (χ2n) is 4.81. The van der Waals surface area contributed by atoms with Gasteiger partial charge in [0.05, 0.1) is 13.2 Å². The number of fused-ring (bicyclic) bond motifs is 1. The SMILES string of the molecule is CCC1(CC)COc2c(C(=O)O)sc(C(=O)O)c2OC1. The van der Waals surface area contributed by atoms with Crippen molar-refractivity contribution in [3.8, 4) is 11.5 Å². The Morgan fingerprint density at radius 1 is 1.05 bits per heavy atom. The van der Waals surface area contributed by atoms with Crippen LogP contribution in [0, 0.1) is 5.41 Å². The summed E-state index contributed by atoms with van der Waals surface area (Å²) >= 11 is 0.667. The number of ether oxygens (including phenoxy) is 2. The highest BCUT2D eigenvalue weighted by atomic mass is 32.1. The molecule has 2 heterocycles. The molecule has 0 amide bonds. The quantitative estimate of drug-likeness (QED) is 0.888. The predicted octanol–water partition coefficient (Wildman–Crippen LogP) is 2.72. The minimum absolute atomic E-state index is 0.0451. The van der Waals surface area contributed by atoms with Crippen LogP contribution >= 0.6 is 11.3 Å². The second kappa shape index (κ2) is 5.32. The van der Waals surface area contributed by atoms with Gasteiger partial charge in [0.2, 0.25) is 0 Å². The van der Waals surface area contributed by atoms with E-state index in [9.17, 15) is 9.59 Å². The molecule has 1 aromatic heterocycles. The number of carboxylic acid groups (broad SMARTS) is 2. The first kappa shape index (κ1) is 14.6. The van der Waals surface area contributed by atoms with Crippen LogP contribution in [0.15, 0.2) is 0 Å². The van der Waals surface area contributed by atoms with Crippen molar-refractivity contribution in [2.75, 3.05) is 13.2 Å². The van der Waals surface area contributed by atoms with Gasteiger partial charge in [0.15, 0.2) is 21.3 Å². The smallest absolute Gasteiger partial charge is 0.349 e. The molecule has 0 fully saturated rings. The van der Waals surface area contributed by atoms with Crippen LogP contribution in [0.4, 0.5) is 0 Å². The topological polar surface area (TPSA) is 93.1 Å². The average Bonchev–Trinajstić information content (AvgIpc) is 2.69. The van der Waals surface area contributed by atoms with Crippen LogP contribution in [-0.2, 0) is 0 Å². The largest absolute Gasteiger partial charge is 0.487 e. The minimum atomic E-state index is -1.21. The van der Waals surface area contributed by atoms with Crippen LogP contribution in [0.1, 0.15) is 46.0 Å². The van der Waals surface area contributed by atoms with E-state index in [4.69, 9.17) is 19.7 Å². The predicted molar refractivity (Wildman–Crippen MR) is 72.2 cm³/mol. The first-order valence-electron chi connectivity index (χ1n) is 6.33. The summed E-state index contributed by atoms with van der Waals surface area (Å²) in [5.74, 6) is -2.32. The van der Waals surface area contributed by atoms with E-state index in [1.54, 1.807) is 0 Å². The number of aromatic carboxylic acids is 2. The molecule has 0 atom stereocenters. The maximum atomic E-state index is 11.2. The summed E-state index contributed by atoms with van der Waals surface area (Å²) in [7, 11) is 0. The first-order valence-corrected chi connectivity index (χ1v) is 7.14. The molecule has 1 aromatic rings. The number of hydrogen-bond acceptors (Lipinski definition) is 5. The Kier molecular flexibility index (Phi) is 3.89. The molecule has 0 spiro atoms. The van der Waals surface area contributed by atoms with Gasteiger partial charge in [-0.05, 0) is 12.8 Å². The molecule has 2 N–H and O–H groups in total. The van der Waals surface area contributed by atoms with Crippen molar-refractivity contribution in [2.24, 2.45) is 5.41 Å². The number of hydrogen-bond donors (Lipinski definition) is 2. The second-order valence-corrected chi connectivity index (χ2v) is 5.83. The van der Waals surface area contributed by atoms with Gasteiger partial charge in [0, 0.05) is 5.41 Å². The minimum Gasteiger partial charge on any atom is -0.487 e. The molecule has 0 bridgehead atoms. The van der Waals surface area contributed by atoms with Crippen molar-refractivity contribution in [2.45, 2.75) is 26.7 Å². The highest BCUT2D eigenvalue weighted by molar-refractivity contribution is 7.16. The van der Waals surface area contributed by atoms with E-state index in [-0.39, 0.29) is 26.7 Å². The van der Waals surface area contributed by atoms with Gasteiger partial charge >= 0.3 is 11.9 Å². The standard InChI is InChI=1S/C13H16O6S/c1-3-13(4-2)5-18-7-8(19-6-13)10(12(16)17)20-9(7)11(14)15/h3-6H2,1-2H3,(H,14,15)(H,16,17). The average molecular weight is 300 g/mol. The van der Waals surface area contributed by atoms with Crippen molar-refractivity contribution in [3.05, 3.63) is 9.75 Å². The number of carboxylic acids is 2. The molecule has 0 unspecified atom stereocenters. The fourth-order valence-electron chi connectivity index (χ4n) is 2.10. The van der Waals surface area contributed by atoms with Crippen LogP contribution in [0.3, 0.4) is 0 Å². The van der Waals surface area contributed by atoms with Crippen LogP contribution in [0.5, 0.6) is 11.5 Å². The molecule has 0 saturated heterocycles. The highest BCUT2D eigenvalue weighted by Crippen LogP contribution is 2.46. The van der Waals surface area contributed by atoms with Gasteiger partial charge in [-0.25, -0.2) is 9.59 Å². The number of thiophene rings is 1. The summed E-state index contributed by atoms with van der Waals surface area (Å²) in [6.45, 7) is 4.65. The molecule has 110 valence electrons. The van der Waals surface area contributed by atoms with Crippen LogP contribution in [-0.4, -0.2) is 35.4 Å². The molecule has 2 rings (SSSR count). The van der Waals surface area contributed by atoms with E-state index in [1.165, 1.54) is 0 Å². The molecule has 1 aliphatic rings. The lowest BCUT2D eigenvalue weighted by Crippen LogP contribution is -2.32. The highest BCUT2D eigenvalue weighted by Gasteiger charge is 2.37. The Bertz CT molecular complexity index is 501. The van der Waals surface area contributed by atoms with Gasteiger partial charge in [-0.1, -0.05) is 13.8 Å². The Balaban J connectivity index is 2.46. The molecule has 20 heavy (non-hydrogen) atoms. The molecule has 6 nitrogen and oxygen atoms in total. The molecular formula is C13H16O6S. The molecule has 1 aliphatic heterocycles. The summed E-state index contributed by atoms with van der Waals surface area (Å²) in [6, 6.07) is 0. The molecular weight excluding hydrogens is 284 g/mol. The number of carbonyl (C=O) groups is 2. The third-order valence-electron chi connectivity index (χ3n) is 3.76. The summed E-state index contributed by atoms with van der Waals surface area (Å²) in [4.78, 5) is 22.2. The third kappa shape index (κ3) is 2.33. The van der Waals surface area contributed by atoms with Gasteiger partial charge in [-0.3, -0.25) is 0 Å². The number of rotatable bonds is 4. The summed E-state index contributed by atoms with van der Waals surface area (Å²) < 4.78 is 11.2. The van der Waals surface area contributed by atoms with Crippen molar-refractivity contribution in [1.82, 2.24) is 0 Å². The Hall–Kier alpha value is -1.76. The van der Waals surface area contributed by atoms with E-state index in [1.807, 2.05) is 13.8 Å². The summed E-state index contributed by atoms with van der Waals surface area (Å²) in [5.41, 5.74) is -0.220. The van der Waals surface area contributed by atoms with Gasteiger partial charge in [-0.15, -0.1) is 11.3 Å². The van der Waals surface area contributed by atoms with E-state index in [2.05, 4.69) is 0 Å². The first-order chi connectivity index (χ1) is 9.44. The summed E-state index contributed by atoms with van der Waals surface area (Å²) in [6.07, 6.45) is 1.62. The zero-order valence-electron chi connectivity index (χ0n) is 11.3. The normalized spacial score (nSPS) is 16.5. The summed E-state index contributed by atoms with van der Waals surface area (Å²) in [5, 5.41) is 18.3. The lowest BCUT2D eigenvalue weighted by Gasteiger charge is -2.28. The molecule has 0 saturated carbocycles. The molecule has 0 aliphatic carbocycles. The Morgan fingerprint density at radius 2 is 1.45 bits per heavy atom. The van der Waals surface area contributed by atoms with Crippen molar-refractivity contribution in [1.29, 1.82) is 0 Å².